The van der Waals surface area contributed by atoms with E-state index in [9.17, 15) is 0 Å². The Bertz CT molecular complexity index is 293. The summed E-state index contributed by atoms with van der Waals surface area (Å²) in [5.41, 5.74) is 7.87. The summed E-state index contributed by atoms with van der Waals surface area (Å²) < 4.78 is 7.99. The Morgan fingerprint density at radius 1 is 1.50 bits per heavy atom. The Morgan fingerprint density at radius 2 is 2.42 bits per heavy atom. The van der Waals surface area contributed by atoms with Gasteiger partial charge in [-0.2, -0.15) is 20.1 Å². The molecule has 0 saturated carbocycles. The topological polar surface area (TPSA) is 51.8 Å². The van der Waals surface area contributed by atoms with Crippen molar-refractivity contribution in [3.8, 4) is 0 Å². The average Bonchev–Trinajstić information content (AvgIpc) is 2.77. The summed E-state index contributed by atoms with van der Waals surface area (Å²) in [6.07, 6.45) is 1.72. The average molecular weight is 197 g/mol. The molecule has 0 saturated heterocycles. The van der Waals surface area contributed by atoms with Gasteiger partial charge in [-0.3, -0.25) is 0 Å². The lowest BCUT2D eigenvalue weighted by Crippen LogP contribution is -2.10. The molecule has 62 valence electrons. The largest absolute Gasteiger partial charge is 0.319 e. The summed E-state index contributed by atoms with van der Waals surface area (Å²) >= 11 is 2.83. The van der Waals surface area contributed by atoms with Crippen LogP contribution < -0.4 is 5.73 Å². The molecule has 0 fully saturated rings. The minimum atomic E-state index is -0.116. The first-order valence-electron chi connectivity index (χ1n) is 3.43. The van der Waals surface area contributed by atoms with E-state index in [1.165, 1.54) is 11.7 Å². The molecular weight excluding hydrogens is 190 g/mol. The molecule has 3 nitrogen and oxygen atoms in total. The molecule has 0 amide bonds. The number of nitrogens with two attached hydrogens (primary N) is 1. The van der Waals surface area contributed by atoms with Crippen molar-refractivity contribution in [3.63, 3.8) is 0 Å². The van der Waals surface area contributed by atoms with Gasteiger partial charge in [-0.15, -0.1) is 0 Å². The van der Waals surface area contributed by atoms with E-state index in [4.69, 9.17) is 5.73 Å². The Balaban J connectivity index is 2.27. The van der Waals surface area contributed by atoms with Crippen LogP contribution in [-0.4, -0.2) is 8.75 Å². The van der Waals surface area contributed by atoms with Crippen LogP contribution in [0.15, 0.2) is 23.0 Å². The maximum absolute atomic E-state index is 5.92. The zero-order chi connectivity index (χ0) is 8.39. The summed E-state index contributed by atoms with van der Waals surface area (Å²) in [5, 5.41) is 4.04. The van der Waals surface area contributed by atoms with Gasteiger partial charge in [0.05, 0.1) is 29.7 Å². The predicted octanol–water partition coefficient (Wildman–Crippen LogP) is 1.65. The van der Waals surface area contributed by atoms with E-state index >= 15 is 0 Å². The van der Waals surface area contributed by atoms with Crippen LogP contribution in [0.3, 0.4) is 0 Å². The van der Waals surface area contributed by atoms with E-state index in [2.05, 4.69) is 8.75 Å². The van der Waals surface area contributed by atoms with Gasteiger partial charge >= 0.3 is 0 Å². The van der Waals surface area contributed by atoms with E-state index in [1.807, 2.05) is 16.8 Å². The minimum absolute atomic E-state index is 0.116. The zero-order valence-corrected chi connectivity index (χ0v) is 7.81. The second kappa shape index (κ2) is 3.30. The number of hydrogen-bond donors (Lipinski definition) is 1. The van der Waals surface area contributed by atoms with Crippen LogP contribution in [0.5, 0.6) is 0 Å². The lowest BCUT2D eigenvalue weighted by Gasteiger charge is -2.03. The van der Waals surface area contributed by atoms with Crippen molar-refractivity contribution in [2.45, 2.75) is 6.04 Å². The Hall–Kier alpha value is -0.780. The lowest BCUT2D eigenvalue weighted by molar-refractivity contribution is 0.848. The smallest absolute Gasteiger partial charge is 0.0955 e. The lowest BCUT2D eigenvalue weighted by atomic mass is 10.1. The molecule has 0 aliphatic heterocycles. The molecule has 2 rings (SSSR count). The van der Waals surface area contributed by atoms with Crippen LogP contribution in [0.25, 0.3) is 0 Å². The Kier molecular flexibility index (Phi) is 2.16. The van der Waals surface area contributed by atoms with Crippen LogP contribution in [0.2, 0.25) is 0 Å². The molecule has 12 heavy (non-hydrogen) atoms. The highest BCUT2D eigenvalue weighted by molar-refractivity contribution is 7.08. The second-order valence-corrected chi connectivity index (χ2v) is 3.70. The van der Waals surface area contributed by atoms with Crippen molar-refractivity contribution in [2.24, 2.45) is 5.73 Å². The van der Waals surface area contributed by atoms with Crippen LogP contribution in [0.4, 0.5) is 0 Å². The molecule has 0 radical (unpaired) electrons. The minimum Gasteiger partial charge on any atom is -0.319 e. The van der Waals surface area contributed by atoms with Crippen LogP contribution >= 0.6 is 23.1 Å². The molecule has 0 bridgehead atoms. The van der Waals surface area contributed by atoms with Gasteiger partial charge in [0.25, 0.3) is 0 Å². The van der Waals surface area contributed by atoms with E-state index in [0.717, 1.165) is 11.3 Å². The van der Waals surface area contributed by atoms with Crippen molar-refractivity contribution < 1.29 is 0 Å². The van der Waals surface area contributed by atoms with Crippen LogP contribution in [-0.2, 0) is 0 Å². The standard InChI is InChI=1S/C7H7N3S2/c8-7(5-1-2-11-4-5)6-3-9-12-10-6/h1-4,7H,8H2. The number of hydrogen-bond acceptors (Lipinski definition) is 5. The molecule has 2 aromatic heterocycles. The van der Waals surface area contributed by atoms with Gasteiger partial charge in [-0.05, 0) is 22.4 Å². The summed E-state index contributed by atoms with van der Waals surface area (Å²) in [6, 6.07) is 1.89. The third-order valence-corrected chi connectivity index (χ3v) is 2.79. The first-order chi connectivity index (χ1) is 5.88. The van der Waals surface area contributed by atoms with E-state index < -0.39 is 0 Å². The van der Waals surface area contributed by atoms with Gasteiger partial charge in [-0.25, -0.2) is 0 Å². The maximum atomic E-state index is 5.92. The highest BCUT2D eigenvalue weighted by Crippen LogP contribution is 2.19. The van der Waals surface area contributed by atoms with Crippen molar-refractivity contribution in [1.29, 1.82) is 0 Å². The fraction of sp³-hybridized carbons (Fsp3) is 0.143. The van der Waals surface area contributed by atoms with Gasteiger partial charge < -0.3 is 5.73 Å². The Morgan fingerprint density at radius 3 is 3.00 bits per heavy atom. The number of aromatic nitrogens is 2. The Labute approximate surface area is 78.2 Å². The summed E-state index contributed by atoms with van der Waals surface area (Å²) in [5.74, 6) is 0. The fourth-order valence-corrected chi connectivity index (χ4v) is 2.09. The second-order valence-electron chi connectivity index (χ2n) is 2.37. The van der Waals surface area contributed by atoms with Crippen molar-refractivity contribution in [3.05, 3.63) is 34.3 Å². The summed E-state index contributed by atoms with van der Waals surface area (Å²) in [4.78, 5) is 0. The predicted molar refractivity (Wildman–Crippen MR) is 50.3 cm³/mol. The first kappa shape index (κ1) is 7.85. The molecule has 2 heterocycles. The number of rotatable bonds is 2. The van der Waals surface area contributed by atoms with Gasteiger partial charge in [0.2, 0.25) is 0 Å². The summed E-state index contributed by atoms with van der Waals surface area (Å²) in [7, 11) is 0. The molecule has 0 spiro atoms. The first-order valence-corrected chi connectivity index (χ1v) is 5.10. The van der Waals surface area contributed by atoms with Crippen molar-refractivity contribution in [2.75, 3.05) is 0 Å². The fourth-order valence-electron chi connectivity index (χ4n) is 0.932. The monoisotopic (exact) mass is 197 g/mol. The van der Waals surface area contributed by atoms with Gasteiger partial charge in [0, 0.05) is 0 Å². The number of nitrogens with zero attached hydrogens (tertiary/aromatic N) is 2. The highest BCUT2D eigenvalue weighted by Gasteiger charge is 2.10. The van der Waals surface area contributed by atoms with E-state index in [1.54, 1.807) is 17.5 Å². The molecular formula is C7H7N3S2. The quantitative estimate of drug-likeness (QED) is 0.796. The van der Waals surface area contributed by atoms with Gasteiger partial charge in [-0.1, -0.05) is 0 Å². The molecule has 0 aliphatic rings. The molecule has 2 N–H and O–H groups in total. The third-order valence-electron chi connectivity index (χ3n) is 1.60. The molecule has 0 aromatic carbocycles. The SMILES string of the molecule is NC(c1ccsc1)c1cnsn1. The third kappa shape index (κ3) is 1.38. The van der Waals surface area contributed by atoms with Crippen LogP contribution in [0, 0.1) is 0 Å². The van der Waals surface area contributed by atoms with Gasteiger partial charge in [0.1, 0.15) is 0 Å². The van der Waals surface area contributed by atoms with E-state index in [-0.39, 0.29) is 6.04 Å². The molecule has 0 aliphatic carbocycles. The highest BCUT2D eigenvalue weighted by atomic mass is 32.1. The zero-order valence-electron chi connectivity index (χ0n) is 6.18. The normalized spacial score (nSPS) is 13.1. The molecule has 2 aromatic rings. The molecule has 5 heteroatoms. The van der Waals surface area contributed by atoms with Crippen LogP contribution in [0.1, 0.15) is 17.3 Å². The maximum Gasteiger partial charge on any atom is 0.0955 e. The molecule has 1 unspecified atom stereocenters. The summed E-state index contributed by atoms with van der Waals surface area (Å²) in [6.45, 7) is 0. The number of thiophene rings is 1. The van der Waals surface area contributed by atoms with Crippen molar-refractivity contribution in [1.82, 2.24) is 8.75 Å². The van der Waals surface area contributed by atoms with Crippen molar-refractivity contribution >= 4 is 23.1 Å². The van der Waals surface area contributed by atoms with Gasteiger partial charge in [0.15, 0.2) is 0 Å². The molecule has 1 atom stereocenters. The van der Waals surface area contributed by atoms with E-state index in [0.29, 0.717) is 0 Å².